The number of hydrogen-bond donors (Lipinski definition) is 0. The van der Waals surface area contributed by atoms with Crippen molar-refractivity contribution in [3.8, 4) is 6.07 Å². The highest BCUT2D eigenvalue weighted by Gasteiger charge is 2.49. The average Bonchev–Trinajstić information content (AvgIpc) is 2.74. The fourth-order valence-corrected chi connectivity index (χ4v) is 3.36. The molecule has 1 aliphatic rings. The molecule has 1 heterocycles. The minimum absolute atomic E-state index is 0.0864. The van der Waals surface area contributed by atoms with Crippen molar-refractivity contribution in [2.75, 3.05) is 18.0 Å². The summed E-state index contributed by atoms with van der Waals surface area (Å²) in [5.74, 6) is -0.0864. The molecule has 7 nitrogen and oxygen atoms in total. The molecule has 0 aliphatic carbocycles. The summed E-state index contributed by atoms with van der Waals surface area (Å²) >= 11 is 5.56. The van der Waals surface area contributed by atoms with Crippen molar-refractivity contribution in [1.29, 1.82) is 5.26 Å². The lowest BCUT2D eigenvalue weighted by molar-refractivity contribution is -0.123. The Bertz CT molecular complexity index is 791. The van der Waals surface area contributed by atoms with Gasteiger partial charge in [0, 0.05) is 18.0 Å². The van der Waals surface area contributed by atoms with Crippen LogP contribution < -0.4 is 4.90 Å². The Morgan fingerprint density at radius 3 is 2.72 bits per heavy atom. The van der Waals surface area contributed by atoms with Crippen molar-refractivity contribution in [3.63, 3.8) is 0 Å². The summed E-state index contributed by atoms with van der Waals surface area (Å²) in [7, 11) is 0. The van der Waals surface area contributed by atoms with Crippen LogP contribution in [-0.2, 0) is 4.79 Å². The van der Waals surface area contributed by atoms with E-state index in [0.717, 1.165) is 18.4 Å². The van der Waals surface area contributed by atoms with Crippen LogP contribution in [0.1, 0.15) is 37.8 Å². The second-order valence-corrected chi connectivity index (χ2v) is 6.77. The minimum atomic E-state index is -0.739. The first-order valence-electron chi connectivity index (χ1n) is 8.02. The molecule has 0 bridgehead atoms. The van der Waals surface area contributed by atoms with Gasteiger partial charge in [0.2, 0.25) is 0 Å². The molecular formula is C17H20N6OS. The van der Waals surface area contributed by atoms with E-state index in [1.54, 1.807) is 12.1 Å². The van der Waals surface area contributed by atoms with E-state index in [4.69, 9.17) is 23.0 Å². The standard InChI is InChI=1S/C17H20N6OS/c1-12-10-14(7-6-13(12)11-18)23-15(24)17(2,3)22(16(23)25)9-5-4-8-20-21-19/h6-7,10H,4-5,8-9H2,1-3H3. The number of rotatable bonds is 6. The lowest BCUT2D eigenvalue weighted by atomic mass is 10.0. The van der Waals surface area contributed by atoms with E-state index in [0.29, 0.717) is 29.5 Å². The summed E-state index contributed by atoms with van der Waals surface area (Å²) in [5.41, 5.74) is 9.64. The van der Waals surface area contributed by atoms with Gasteiger partial charge in [0.15, 0.2) is 5.11 Å². The van der Waals surface area contributed by atoms with Crippen molar-refractivity contribution in [3.05, 3.63) is 39.8 Å². The molecule has 1 aliphatic heterocycles. The van der Waals surface area contributed by atoms with E-state index in [2.05, 4.69) is 16.1 Å². The number of aryl methyl sites for hydroxylation is 1. The molecule has 2 rings (SSSR count). The third-order valence-electron chi connectivity index (χ3n) is 4.37. The summed E-state index contributed by atoms with van der Waals surface area (Å²) in [6.07, 6.45) is 1.51. The smallest absolute Gasteiger partial charge is 0.258 e. The molecular weight excluding hydrogens is 336 g/mol. The van der Waals surface area contributed by atoms with Crippen LogP contribution in [0.2, 0.25) is 0 Å². The highest BCUT2D eigenvalue weighted by atomic mass is 32.1. The van der Waals surface area contributed by atoms with Gasteiger partial charge in [-0.25, -0.2) is 0 Å². The zero-order valence-corrected chi connectivity index (χ0v) is 15.4. The van der Waals surface area contributed by atoms with Crippen LogP contribution in [0.25, 0.3) is 10.4 Å². The first-order chi connectivity index (χ1) is 11.8. The first-order valence-corrected chi connectivity index (χ1v) is 8.43. The molecule has 0 atom stereocenters. The Morgan fingerprint density at radius 1 is 1.40 bits per heavy atom. The van der Waals surface area contributed by atoms with Crippen LogP contribution >= 0.6 is 12.2 Å². The molecule has 1 aromatic rings. The number of unbranched alkanes of at least 4 members (excludes halogenated alkanes) is 1. The normalized spacial score (nSPS) is 15.9. The number of nitrogens with zero attached hydrogens (tertiary/aromatic N) is 6. The van der Waals surface area contributed by atoms with E-state index >= 15 is 0 Å². The quantitative estimate of drug-likeness (QED) is 0.255. The van der Waals surface area contributed by atoms with Crippen LogP contribution in [0.15, 0.2) is 23.3 Å². The van der Waals surface area contributed by atoms with Crippen molar-refractivity contribution >= 4 is 28.9 Å². The number of carbonyl (C=O) groups excluding carboxylic acids is 1. The topological polar surface area (TPSA) is 96.1 Å². The van der Waals surface area contributed by atoms with Gasteiger partial charge in [0.05, 0.1) is 17.3 Å². The lowest BCUT2D eigenvalue weighted by Crippen LogP contribution is -2.44. The molecule has 0 N–H and O–H groups in total. The molecule has 0 spiro atoms. The van der Waals surface area contributed by atoms with E-state index in [1.165, 1.54) is 4.90 Å². The Labute approximate surface area is 152 Å². The molecule has 25 heavy (non-hydrogen) atoms. The van der Waals surface area contributed by atoms with Crippen LogP contribution in [0, 0.1) is 18.3 Å². The van der Waals surface area contributed by atoms with Crippen molar-refractivity contribution in [2.45, 2.75) is 39.2 Å². The zero-order chi connectivity index (χ0) is 18.6. The van der Waals surface area contributed by atoms with E-state index in [1.807, 2.05) is 31.7 Å². The summed E-state index contributed by atoms with van der Waals surface area (Å²) in [6, 6.07) is 7.39. The Kier molecular flexibility index (Phi) is 5.62. The molecule has 8 heteroatoms. The van der Waals surface area contributed by atoms with E-state index in [-0.39, 0.29) is 5.91 Å². The maximum absolute atomic E-state index is 12.9. The van der Waals surface area contributed by atoms with Gasteiger partial charge < -0.3 is 4.90 Å². The molecule has 1 saturated heterocycles. The van der Waals surface area contributed by atoms with Gasteiger partial charge >= 0.3 is 0 Å². The molecule has 1 fully saturated rings. The molecule has 0 unspecified atom stereocenters. The lowest BCUT2D eigenvalue weighted by Gasteiger charge is -2.29. The van der Waals surface area contributed by atoms with E-state index < -0.39 is 5.54 Å². The van der Waals surface area contributed by atoms with Gasteiger partial charge in [-0.3, -0.25) is 9.69 Å². The molecule has 0 radical (unpaired) electrons. The molecule has 1 amide bonds. The number of azide groups is 1. The number of hydrogen-bond acceptors (Lipinski definition) is 4. The number of carbonyl (C=O) groups is 1. The number of thiocarbonyl (C=S) groups is 1. The largest absolute Gasteiger partial charge is 0.334 e. The SMILES string of the molecule is Cc1cc(N2C(=O)C(C)(C)N(CCCCN=[N+]=[N-])C2=S)ccc1C#N. The zero-order valence-electron chi connectivity index (χ0n) is 14.6. The van der Waals surface area contributed by atoms with Crippen LogP contribution in [0.3, 0.4) is 0 Å². The first kappa shape index (κ1) is 18.7. The number of benzene rings is 1. The highest BCUT2D eigenvalue weighted by Crippen LogP contribution is 2.33. The van der Waals surface area contributed by atoms with Gasteiger partial charge in [-0.1, -0.05) is 5.11 Å². The summed E-state index contributed by atoms with van der Waals surface area (Å²) < 4.78 is 0. The number of nitriles is 1. The predicted octanol–water partition coefficient (Wildman–Crippen LogP) is 3.67. The minimum Gasteiger partial charge on any atom is -0.334 e. The van der Waals surface area contributed by atoms with Gasteiger partial charge in [0.25, 0.3) is 5.91 Å². The number of amides is 1. The highest BCUT2D eigenvalue weighted by molar-refractivity contribution is 7.80. The summed E-state index contributed by atoms with van der Waals surface area (Å²) in [4.78, 5) is 19.1. The Hall–Kier alpha value is -2.62. The van der Waals surface area contributed by atoms with Crippen LogP contribution in [-0.4, -0.2) is 34.5 Å². The monoisotopic (exact) mass is 356 g/mol. The second kappa shape index (κ2) is 7.51. The fourth-order valence-electron chi connectivity index (χ4n) is 2.85. The molecule has 0 aromatic heterocycles. The van der Waals surface area contributed by atoms with Gasteiger partial charge in [-0.15, -0.1) is 0 Å². The maximum Gasteiger partial charge on any atom is 0.258 e. The number of anilines is 1. The Morgan fingerprint density at radius 2 is 2.12 bits per heavy atom. The van der Waals surface area contributed by atoms with Crippen molar-refractivity contribution in [1.82, 2.24) is 4.90 Å². The van der Waals surface area contributed by atoms with Crippen molar-refractivity contribution < 1.29 is 4.79 Å². The fraction of sp³-hybridized carbons (Fsp3) is 0.471. The van der Waals surface area contributed by atoms with E-state index in [9.17, 15) is 4.79 Å². The molecule has 130 valence electrons. The average molecular weight is 356 g/mol. The van der Waals surface area contributed by atoms with Gasteiger partial charge in [-0.2, -0.15) is 5.26 Å². The molecule has 0 saturated carbocycles. The maximum atomic E-state index is 12.9. The summed E-state index contributed by atoms with van der Waals surface area (Å²) in [6.45, 7) is 6.59. The molecule has 1 aromatic carbocycles. The van der Waals surface area contributed by atoms with Crippen LogP contribution in [0.4, 0.5) is 5.69 Å². The predicted molar refractivity (Wildman–Crippen MR) is 100 cm³/mol. The van der Waals surface area contributed by atoms with Gasteiger partial charge in [-0.05, 0) is 75.1 Å². The summed E-state index contributed by atoms with van der Waals surface area (Å²) in [5, 5.41) is 13.0. The third kappa shape index (κ3) is 3.58. The van der Waals surface area contributed by atoms with Crippen molar-refractivity contribution in [2.24, 2.45) is 5.11 Å². The third-order valence-corrected chi connectivity index (χ3v) is 4.77. The Balaban J connectivity index is 2.22. The van der Waals surface area contributed by atoms with Gasteiger partial charge in [0.1, 0.15) is 5.54 Å². The van der Waals surface area contributed by atoms with Crippen LogP contribution in [0.5, 0.6) is 0 Å². The second-order valence-electron chi connectivity index (χ2n) is 6.41.